The number of carboxylic acid groups (broad SMARTS) is 1. The molecule has 1 aromatic carbocycles. The predicted molar refractivity (Wildman–Crippen MR) is 55.4 cm³/mol. The number of imidazole rings is 1. The van der Waals surface area contributed by atoms with E-state index in [4.69, 9.17) is 5.11 Å². The van der Waals surface area contributed by atoms with Crippen LogP contribution in [0.4, 0.5) is 0 Å². The van der Waals surface area contributed by atoms with Gasteiger partial charge in [0, 0.05) is 11.5 Å². The third-order valence-electron chi connectivity index (χ3n) is 2.03. The summed E-state index contributed by atoms with van der Waals surface area (Å²) in [6, 6.07) is 5.48. The summed E-state index contributed by atoms with van der Waals surface area (Å²) >= 11 is 3.31. The Morgan fingerprint density at radius 3 is 2.93 bits per heavy atom. The summed E-state index contributed by atoms with van der Waals surface area (Å²) in [7, 11) is 1.69. The molecule has 0 saturated carbocycles. The number of hydrogen-bond donors (Lipinski definition) is 1. The maximum Gasteiger partial charge on any atom is 0.372 e. The van der Waals surface area contributed by atoms with Gasteiger partial charge in [-0.2, -0.15) is 0 Å². The average molecular weight is 255 g/mol. The van der Waals surface area contributed by atoms with Crippen LogP contribution in [0.25, 0.3) is 11.0 Å². The molecule has 4 nitrogen and oxygen atoms in total. The first-order valence-corrected chi connectivity index (χ1v) is 4.74. The molecule has 0 aliphatic heterocycles. The van der Waals surface area contributed by atoms with Crippen LogP contribution in [-0.2, 0) is 7.05 Å². The highest BCUT2D eigenvalue weighted by Gasteiger charge is 2.13. The van der Waals surface area contributed by atoms with E-state index in [1.165, 1.54) is 0 Å². The molecule has 1 N–H and O–H groups in total. The van der Waals surface area contributed by atoms with Gasteiger partial charge < -0.3 is 9.67 Å². The highest BCUT2D eigenvalue weighted by Crippen LogP contribution is 2.19. The zero-order chi connectivity index (χ0) is 10.3. The summed E-state index contributed by atoms with van der Waals surface area (Å²) in [5.74, 6) is -0.960. The SMILES string of the molecule is Cn1c(C(=O)O)nc2cc(Br)ccc21. The van der Waals surface area contributed by atoms with E-state index in [0.717, 1.165) is 9.99 Å². The van der Waals surface area contributed by atoms with Crippen molar-refractivity contribution in [3.8, 4) is 0 Å². The van der Waals surface area contributed by atoms with E-state index < -0.39 is 5.97 Å². The van der Waals surface area contributed by atoms with Crippen molar-refractivity contribution in [2.45, 2.75) is 0 Å². The van der Waals surface area contributed by atoms with Crippen molar-refractivity contribution in [3.05, 3.63) is 28.5 Å². The van der Waals surface area contributed by atoms with Gasteiger partial charge in [-0.05, 0) is 18.2 Å². The number of halogens is 1. The van der Waals surface area contributed by atoms with Gasteiger partial charge >= 0.3 is 5.97 Å². The second-order valence-corrected chi connectivity index (χ2v) is 3.85. The summed E-state index contributed by atoms with van der Waals surface area (Å²) < 4.78 is 2.45. The highest BCUT2D eigenvalue weighted by molar-refractivity contribution is 9.10. The monoisotopic (exact) mass is 254 g/mol. The van der Waals surface area contributed by atoms with Gasteiger partial charge in [-0.1, -0.05) is 15.9 Å². The van der Waals surface area contributed by atoms with Crippen LogP contribution in [0, 0.1) is 0 Å². The Morgan fingerprint density at radius 1 is 1.57 bits per heavy atom. The molecule has 2 aromatic rings. The fourth-order valence-corrected chi connectivity index (χ4v) is 1.71. The fourth-order valence-electron chi connectivity index (χ4n) is 1.36. The van der Waals surface area contributed by atoms with E-state index >= 15 is 0 Å². The van der Waals surface area contributed by atoms with Crippen LogP contribution in [0.15, 0.2) is 22.7 Å². The number of aromatic nitrogens is 2. The lowest BCUT2D eigenvalue weighted by Gasteiger charge is -1.96. The quantitative estimate of drug-likeness (QED) is 0.848. The van der Waals surface area contributed by atoms with Gasteiger partial charge in [-0.25, -0.2) is 9.78 Å². The summed E-state index contributed by atoms with van der Waals surface area (Å²) in [5.41, 5.74) is 1.49. The van der Waals surface area contributed by atoms with E-state index in [2.05, 4.69) is 20.9 Å². The van der Waals surface area contributed by atoms with Gasteiger partial charge in [0.1, 0.15) is 0 Å². The Morgan fingerprint density at radius 2 is 2.29 bits per heavy atom. The Kier molecular flexibility index (Phi) is 2.03. The van der Waals surface area contributed by atoms with Gasteiger partial charge in [0.2, 0.25) is 5.82 Å². The molecule has 0 unspecified atom stereocenters. The Labute approximate surface area is 88.3 Å². The first kappa shape index (κ1) is 9.21. The molecule has 0 aliphatic rings. The van der Waals surface area contributed by atoms with Crippen molar-refractivity contribution in [2.75, 3.05) is 0 Å². The topological polar surface area (TPSA) is 55.1 Å². The summed E-state index contributed by atoms with van der Waals surface area (Å²) in [4.78, 5) is 14.8. The molecule has 0 fully saturated rings. The van der Waals surface area contributed by atoms with E-state index in [9.17, 15) is 4.79 Å². The first-order chi connectivity index (χ1) is 6.59. The number of rotatable bonds is 1. The maximum absolute atomic E-state index is 10.8. The minimum absolute atomic E-state index is 0.0538. The molecule has 0 saturated heterocycles. The normalized spacial score (nSPS) is 10.7. The number of nitrogens with zero attached hydrogens (tertiary/aromatic N) is 2. The van der Waals surface area contributed by atoms with Crippen LogP contribution in [-0.4, -0.2) is 20.6 Å². The molecule has 5 heteroatoms. The van der Waals surface area contributed by atoms with Crippen molar-refractivity contribution in [1.82, 2.24) is 9.55 Å². The highest BCUT2D eigenvalue weighted by atomic mass is 79.9. The minimum Gasteiger partial charge on any atom is -0.475 e. The molecule has 0 radical (unpaired) electrons. The molecule has 0 aliphatic carbocycles. The van der Waals surface area contributed by atoms with Crippen LogP contribution in [0.5, 0.6) is 0 Å². The van der Waals surface area contributed by atoms with E-state index in [1.54, 1.807) is 17.7 Å². The van der Waals surface area contributed by atoms with Crippen molar-refractivity contribution in [3.63, 3.8) is 0 Å². The Hall–Kier alpha value is -1.36. The lowest BCUT2D eigenvalue weighted by molar-refractivity contribution is 0.0680. The third-order valence-corrected chi connectivity index (χ3v) is 2.53. The van der Waals surface area contributed by atoms with Crippen LogP contribution in [0.3, 0.4) is 0 Å². The fraction of sp³-hybridized carbons (Fsp3) is 0.111. The van der Waals surface area contributed by atoms with Crippen LogP contribution < -0.4 is 0 Å². The number of benzene rings is 1. The minimum atomic E-state index is -1.01. The second-order valence-electron chi connectivity index (χ2n) is 2.93. The van der Waals surface area contributed by atoms with E-state index in [0.29, 0.717) is 5.52 Å². The zero-order valence-electron chi connectivity index (χ0n) is 7.36. The van der Waals surface area contributed by atoms with Crippen LogP contribution >= 0.6 is 15.9 Å². The number of carboxylic acids is 1. The van der Waals surface area contributed by atoms with E-state index in [-0.39, 0.29) is 5.82 Å². The van der Waals surface area contributed by atoms with E-state index in [1.807, 2.05) is 12.1 Å². The van der Waals surface area contributed by atoms with Gasteiger partial charge in [-0.3, -0.25) is 0 Å². The summed E-state index contributed by atoms with van der Waals surface area (Å²) in [5, 5.41) is 8.84. The predicted octanol–water partition coefficient (Wildman–Crippen LogP) is 2.03. The number of hydrogen-bond acceptors (Lipinski definition) is 2. The molecule has 0 atom stereocenters. The Bertz CT molecular complexity index is 519. The van der Waals surface area contributed by atoms with Gasteiger partial charge in [0.25, 0.3) is 0 Å². The largest absolute Gasteiger partial charge is 0.475 e. The smallest absolute Gasteiger partial charge is 0.372 e. The molecular weight excluding hydrogens is 248 g/mol. The molecule has 1 heterocycles. The number of aryl methyl sites for hydroxylation is 1. The third kappa shape index (κ3) is 1.29. The number of fused-ring (bicyclic) bond motifs is 1. The number of aromatic carboxylic acids is 1. The average Bonchev–Trinajstić information content (AvgIpc) is 2.43. The van der Waals surface area contributed by atoms with Crippen molar-refractivity contribution in [1.29, 1.82) is 0 Å². The molecule has 0 amide bonds. The van der Waals surface area contributed by atoms with Crippen LogP contribution in [0.2, 0.25) is 0 Å². The summed E-state index contributed by atoms with van der Waals surface area (Å²) in [6.45, 7) is 0. The molecule has 1 aromatic heterocycles. The van der Waals surface area contributed by atoms with Crippen molar-refractivity contribution < 1.29 is 9.90 Å². The lowest BCUT2D eigenvalue weighted by Crippen LogP contribution is -2.05. The van der Waals surface area contributed by atoms with Crippen molar-refractivity contribution >= 4 is 32.9 Å². The second kappa shape index (κ2) is 3.09. The lowest BCUT2D eigenvalue weighted by atomic mass is 10.3. The molecule has 72 valence electrons. The standard InChI is InChI=1S/C9H7BrN2O2/c1-12-7-3-2-5(10)4-6(7)11-8(12)9(13)14/h2-4H,1H3,(H,13,14). The maximum atomic E-state index is 10.8. The molecule has 2 rings (SSSR count). The molecule has 14 heavy (non-hydrogen) atoms. The van der Waals surface area contributed by atoms with Gasteiger partial charge in [-0.15, -0.1) is 0 Å². The number of carbonyl (C=O) groups is 1. The zero-order valence-corrected chi connectivity index (χ0v) is 8.95. The molecule has 0 bridgehead atoms. The molecular formula is C9H7BrN2O2. The van der Waals surface area contributed by atoms with Gasteiger partial charge in [0.15, 0.2) is 0 Å². The molecule has 0 spiro atoms. The van der Waals surface area contributed by atoms with Gasteiger partial charge in [0.05, 0.1) is 11.0 Å². The van der Waals surface area contributed by atoms with Crippen molar-refractivity contribution in [2.24, 2.45) is 7.05 Å². The summed E-state index contributed by atoms with van der Waals surface area (Å²) in [6.07, 6.45) is 0. The first-order valence-electron chi connectivity index (χ1n) is 3.95. The Balaban J connectivity index is 2.79. The van der Waals surface area contributed by atoms with Crippen LogP contribution in [0.1, 0.15) is 10.6 Å².